The van der Waals surface area contributed by atoms with Crippen molar-refractivity contribution < 1.29 is 9.53 Å². The van der Waals surface area contributed by atoms with Crippen molar-refractivity contribution in [1.82, 2.24) is 14.8 Å². The van der Waals surface area contributed by atoms with Crippen molar-refractivity contribution in [3.8, 4) is 5.75 Å². The van der Waals surface area contributed by atoms with E-state index in [1.54, 1.807) is 18.1 Å². The molecular weight excluding hydrogens is 290 g/mol. The Kier molecular flexibility index (Phi) is 4.86. The van der Waals surface area contributed by atoms with Crippen LogP contribution >= 0.6 is 0 Å². The number of allylic oxidation sites excluding steroid dienone is 1. The van der Waals surface area contributed by atoms with Crippen LogP contribution in [0.5, 0.6) is 5.75 Å². The highest BCUT2D eigenvalue weighted by atomic mass is 16.5. The third-order valence-electron chi connectivity index (χ3n) is 3.47. The lowest BCUT2D eigenvalue weighted by molar-refractivity contribution is -0.113. The Morgan fingerprint density at radius 1 is 1.22 bits per heavy atom. The number of benzene rings is 1. The van der Waals surface area contributed by atoms with E-state index in [1.165, 1.54) is 6.33 Å². The van der Waals surface area contributed by atoms with Crippen molar-refractivity contribution in [2.75, 3.05) is 7.11 Å². The summed E-state index contributed by atoms with van der Waals surface area (Å²) in [5, 5.41) is 4.08. The van der Waals surface area contributed by atoms with Crippen LogP contribution in [-0.4, -0.2) is 27.7 Å². The molecule has 0 amide bonds. The first-order valence-corrected chi connectivity index (χ1v) is 7.20. The average molecular weight is 306 g/mol. The number of hydrogen-bond donors (Lipinski definition) is 0. The van der Waals surface area contributed by atoms with Crippen LogP contribution in [0.1, 0.15) is 5.56 Å². The molecule has 23 heavy (non-hydrogen) atoms. The monoisotopic (exact) mass is 306 g/mol. The Morgan fingerprint density at radius 2 is 1.96 bits per heavy atom. The van der Waals surface area contributed by atoms with Gasteiger partial charge in [-0.2, -0.15) is 5.10 Å². The second-order valence-corrected chi connectivity index (χ2v) is 5.04. The van der Waals surface area contributed by atoms with Gasteiger partial charge in [0.15, 0.2) is 5.78 Å². The molecular formula is C18H16N3O2. The number of carbonyl (C=O) groups excluding carboxylic acids is 1. The molecule has 0 unspecified atom stereocenters. The summed E-state index contributed by atoms with van der Waals surface area (Å²) in [7, 11) is 1.62. The fourth-order valence-electron chi connectivity index (χ4n) is 2.28. The molecule has 1 aromatic carbocycles. The third-order valence-corrected chi connectivity index (χ3v) is 3.47. The fourth-order valence-corrected chi connectivity index (χ4v) is 2.28. The Morgan fingerprint density at radius 3 is 2.57 bits per heavy atom. The van der Waals surface area contributed by atoms with Crippen LogP contribution in [-0.2, 0) is 11.3 Å². The normalized spacial score (nSPS) is 15.8. The van der Waals surface area contributed by atoms with Gasteiger partial charge in [-0.15, -0.1) is 0 Å². The Hall–Kier alpha value is -2.43. The Labute approximate surface area is 136 Å². The maximum atomic E-state index is 12.7. The first kappa shape index (κ1) is 15.5. The van der Waals surface area contributed by atoms with Crippen molar-refractivity contribution in [3.63, 3.8) is 0 Å². The Balaban J connectivity index is 1.86. The summed E-state index contributed by atoms with van der Waals surface area (Å²) < 4.78 is 6.79. The van der Waals surface area contributed by atoms with Gasteiger partial charge in [-0.05, 0) is 49.5 Å². The number of ketones is 1. The number of ether oxygens (including phenoxy) is 1. The number of methoxy groups -OCH3 is 1. The van der Waals surface area contributed by atoms with Crippen molar-refractivity contribution in [1.29, 1.82) is 0 Å². The van der Waals surface area contributed by atoms with E-state index >= 15 is 0 Å². The first-order valence-electron chi connectivity index (χ1n) is 7.20. The summed E-state index contributed by atoms with van der Waals surface area (Å²) in [6, 6.07) is 7.56. The molecule has 0 bridgehead atoms. The average Bonchev–Trinajstić information content (AvgIpc) is 3.28. The molecule has 1 aliphatic carbocycles. The SMILES string of the molecule is COc1ccc(/C=C(\Cn2cncn2)C(=O)[C]2[CH][CH][CH][CH]2)cc1. The zero-order valence-electron chi connectivity index (χ0n) is 12.7. The third kappa shape index (κ3) is 3.86. The van der Waals surface area contributed by atoms with Crippen molar-refractivity contribution >= 4 is 11.9 Å². The highest BCUT2D eigenvalue weighted by Gasteiger charge is 2.27. The minimum Gasteiger partial charge on any atom is -0.497 e. The molecule has 5 radical (unpaired) electrons. The summed E-state index contributed by atoms with van der Waals surface area (Å²) >= 11 is 0. The van der Waals surface area contributed by atoms with Crippen molar-refractivity contribution in [2.24, 2.45) is 0 Å². The topological polar surface area (TPSA) is 57.0 Å². The number of nitrogens with zero attached hydrogens (tertiary/aromatic N) is 3. The summed E-state index contributed by atoms with van der Waals surface area (Å²) in [5.41, 5.74) is 1.58. The molecule has 0 N–H and O–H groups in total. The molecule has 0 spiro atoms. The van der Waals surface area contributed by atoms with E-state index < -0.39 is 0 Å². The molecule has 0 aliphatic heterocycles. The molecule has 1 aliphatic rings. The molecule has 0 saturated heterocycles. The predicted molar refractivity (Wildman–Crippen MR) is 86.4 cm³/mol. The minimum absolute atomic E-state index is 0.0127. The van der Waals surface area contributed by atoms with Crippen LogP contribution < -0.4 is 4.74 Å². The van der Waals surface area contributed by atoms with E-state index in [4.69, 9.17) is 4.74 Å². The first-order chi connectivity index (χ1) is 11.3. The van der Waals surface area contributed by atoms with E-state index in [2.05, 4.69) is 10.1 Å². The lowest BCUT2D eigenvalue weighted by Crippen LogP contribution is -2.17. The van der Waals surface area contributed by atoms with Gasteiger partial charge in [-0.25, -0.2) is 9.67 Å². The van der Waals surface area contributed by atoms with Crippen molar-refractivity contribution in [2.45, 2.75) is 6.54 Å². The minimum atomic E-state index is -0.0127. The fraction of sp³-hybridized carbons (Fsp3) is 0.111. The van der Waals surface area contributed by atoms with Crippen LogP contribution in [0.25, 0.3) is 6.08 Å². The van der Waals surface area contributed by atoms with Gasteiger partial charge in [0.1, 0.15) is 18.4 Å². The summed E-state index contributed by atoms with van der Waals surface area (Å²) in [6.45, 7) is 0.371. The lowest BCUT2D eigenvalue weighted by Gasteiger charge is -2.11. The molecule has 1 saturated carbocycles. The second kappa shape index (κ2) is 7.22. The number of carbonyl (C=O) groups is 1. The maximum absolute atomic E-state index is 12.7. The van der Waals surface area contributed by atoms with Gasteiger partial charge in [0.25, 0.3) is 0 Å². The molecule has 2 aromatic rings. The Bertz CT molecular complexity index is 669. The highest BCUT2D eigenvalue weighted by Crippen LogP contribution is 2.28. The lowest BCUT2D eigenvalue weighted by atomic mass is 9.94. The predicted octanol–water partition coefficient (Wildman–Crippen LogP) is 2.34. The second-order valence-electron chi connectivity index (χ2n) is 5.04. The van der Waals surface area contributed by atoms with E-state index in [9.17, 15) is 4.79 Å². The van der Waals surface area contributed by atoms with Crippen LogP contribution in [0, 0.1) is 31.6 Å². The molecule has 5 heteroatoms. The zero-order chi connectivity index (χ0) is 16.1. The smallest absolute Gasteiger partial charge is 0.168 e. The van der Waals surface area contributed by atoms with Gasteiger partial charge in [0.2, 0.25) is 0 Å². The zero-order valence-corrected chi connectivity index (χ0v) is 12.7. The van der Waals surface area contributed by atoms with Gasteiger partial charge in [0.05, 0.1) is 19.6 Å². The summed E-state index contributed by atoms with van der Waals surface area (Å²) in [4.78, 5) is 16.6. The summed E-state index contributed by atoms with van der Waals surface area (Å²) in [6.07, 6.45) is 12.3. The molecule has 0 atom stereocenters. The number of rotatable bonds is 6. The largest absolute Gasteiger partial charge is 0.497 e. The van der Waals surface area contributed by atoms with E-state index in [-0.39, 0.29) is 5.78 Å². The van der Waals surface area contributed by atoms with Gasteiger partial charge < -0.3 is 4.74 Å². The number of aromatic nitrogens is 3. The highest BCUT2D eigenvalue weighted by molar-refractivity contribution is 6.11. The molecule has 1 aromatic heterocycles. The van der Waals surface area contributed by atoms with Crippen LogP contribution in [0.4, 0.5) is 0 Å². The number of hydrogen-bond acceptors (Lipinski definition) is 4. The molecule has 1 fully saturated rings. The van der Waals surface area contributed by atoms with Gasteiger partial charge in [-0.3, -0.25) is 4.79 Å². The van der Waals surface area contributed by atoms with Crippen LogP contribution in [0.2, 0.25) is 0 Å². The molecule has 1 heterocycles. The molecule has 3 rings (SSSR count). The van der Waals surface area contributed by atoms with Crippen LogP contribution in [0.15, 0.2) is 42.5 Å². The van der Waals surface area contributed by atoms with E-state index in [0.717, 1.165) is 11.3 Å². The number of Topliss-reactive ketones (excluding diaryl/α,β-unsaturated/α-hetero) is 1. The van der Waals surface area contributed by atoms with Crippen LogP contribution in [0.3, 0.4) is 0 Å². The van der Waals surface area contributed by atoms with Gasteiger partial charge >= 0.3 is 0 Å². The van der Waals surface area contributed by atoms with E-state index in [1.807, 2.05) is 56.0 Å². The quantitative estimate of drug-likeness (QED) is 0.769. The summed E-state index contributed by atoms with van der Waals surface area (Å²) in [5.74, 6) is 1.44. The standard InChI is InChI=1S/C18H16N3O2/c1-23-17-8-6-14(7-9-17)10-16(11-21-13-19-12-20-21)18(22)15-4-2-3-5-15/h2-10,12-13H,11H2,1H3/b16-10+. The van der Waals surface area contributed by atoms with Crippen molar-refractivity contribution in [3.05, 3.63) is 79.7 Å². The van der Waals surface area contributed by atoms with Gasteiger partial charge in [0, 0.05) is 5.57 Å². The maximum Gasteiger partial charge on any atom is 0.168 e. The van der Waals surface area contributed by atoms with E-state index in [0.29, 0.717) is 18.0 Å². The molecule has 5 nitrogen and oxygen atoms in total. The van der Waals surface area contributed by atoms with Gasteiger partial charge in [-0.1, -0.05) is 12.1 Å². The molecule has 115 valence electrons.